The van der Waals surface area contributed by atoms with Gasteiger partial charge in [0.15, 0.2) is 0 Å². The number of benzene rings is 1. The molecule has 3 atom stereocenters. The number of rotatable bonds is 4. The van der Waals surface area contributed by atoms with Crippen LogP contribution >= 0.6 is 0 Å². The lowest BCUT2D eigenvalue weighted by Crippen LogP contribution is -2.40. The summed E-state index contributed by atoms with van der Waals surface area (Å²) in [5.41, 5.74) is 2.16. The molecule has 0 aromatic heterocycles. The van der Waals surface area contributed by atoms with Gasteiger partial charge in [0.2, 0.25) is 0 Å². The summed E-state index contributed by atoms with van der Waals surface area (Å²) in [6.45, 7) is 2.72. The fraction of sp³-hybridized carbons (Fsp3) is 0.462. The van der Waals surface area contributed by atoms with Gasteiger partial charge in [-0.15, -0.1) is 0 Å². The van der Waals surface area contributed by atoms with Crippen molar-refractivity contribution in [3.8, 4) is 0 Å². The highest BCUT2D eigenvalue weighted by atomic mass is 16.5. The number of aliphatic hydroxyl groups excluding tert-OH is 1. The molecule has 2 unspecified atom stereocenters. The number of carbonyl (C=O) groups is 1. The summed E-state index contributed by atoms with van der Waals surface area (Å²) in [5, 5.41) is 21.4. The number of hydrogen-bond acceptors (Lipinski definition) is 4. The predicted octanol–water partition coefficient (Wildman–Crippen LogP) is 0.298. The summed E-state index contributed by atoms with van der Waals surface area (Å²) in [4.78, 5) is 10.8. The summed E-state index contributed by atoms with van der Waals surface area (Å²) in [6, 6.07) is 6.94. The van der Waals surface area contributed by atoms with Crippen LogP contribution in [0.1, 0.15) is 11.1 Å². The van der Waals surface area contributed by atoms with Gasteiger partial charge in [-0.25, -0.2) is 0 Å². The van der Waals surface area contributed by atoms with Crippen molar-refractivity contribution < 1.29 is 19.7 Å². The molecule has 1 aromatic rings. The minimum Gasteiger partial charge on any atom is -0.480 e. The van der Waals surface area contributed by atoms with Crippen LogP contribution in [0, 0.1) is 6.92 Å². The number of aliphatic hydroxyl groups is 1. The van der Waals surface area contributed by atoms with E-state index in [-0.39, 0.29) is 0 Å². The zero-order valence-electron chi connectivity index (χ0n) is 10.2. The van der Waals surface area contributed by atoms with E-state index in [2.05, 4.69) is 5.32 Å². The van der Waals surface area contributed by atoms with E-state index in [9.17, 15) is 9.90 Å². The molecule has 0 spiro atoms. The molecule has 1 fully saturated rings. The highest BCUT2D eigenvalue weighted by molar-refractivity contribution is 5.74. The van der Waals surface area contributed by atoms with Crippen molar-refractivity contribution in [3.05, 3.63) is 35.4 Å². The number of hydrogen-bond donors (Lipinski definition) is 3. The van der Waals surface area contributed by atoms with Gasteiger partial charge in [0.25, 0.3) is 0 Å². The largest absolute Gasteiger partial charge is 0.480 e. The highest BCUT2D eigenvalue weighted by Gasteiger charge is 2.39. The molecule has 1 aromatic carbocycles. The van der Waals surface area contributed by atoms with E-state index in [1.54, 1.807) is 0 Å². The summed E-state index contributed by atoms with van der Waals surface area (Å²) in [6.07, 6.45) is -1.49. The standard InChI is InChI=1S/C13H17NO4/c1-8-3-2-4-9(5-8)7-18-10-6-14-11(12(10)15)13(16)17/h2-5,10-12,14-15H,6-7H2,1H3,(H,16,17)/t10?,11-,12?/m0/s1. The molecule has 1 aliphatic heterocycles. The number of nitrogens with one attached hydrogen (secondary N) is 1. The second kappa shape index (κ2) is 5.48. The number of ether oxygens (including phenoxy) is 1. The minimum atomic E-state index is -1.05. The van der Waals surface area contributed by atoms with Crippen molar-refractivity contribution in [1.29, 1.82) is 0 Å². The Balaban J connectivity index is 1.90. The Kier molecular flexibility index (Phi) is 3.96. The van der Waals surface area contributed by atoms with E-state index in [1.807, 2.05) is 31.2 Å². The lowest BCUT2D eigenvalue weighted by molar-refractivity contribution is -0.142. The van der Waals surface area contributed by atoms with Gasteiger partial charge in [0.05, 0.1) is 12.7 Å². The van der Waals surface area contributed by atoms with Crippen LogP contribution in [0.3, 0.4) is 0 Å². The number of carboxylic acids is 1. The Hall–Kier alpha value is -1.43. The first-order chi connectivity index (χ1) is 8.58. The van der Waals surface area contributed by atoms with Crippen molar-refractivity contribution in [3.63, 3.8) is 0 Å². The van der Waals surface area contributed by atoms with Crippen LogP contribution in [0.2, 0.25) is 0 Å². The molecule has 0 amide bonds. The monoisotopic (exact) mass is 251 g/mol. The van der Waals surface area contributed by atoms with Crippen LogP contribution in [-0.4, -0.2) is 41.0 Å². The first-order valence-electron chi connectivity index (χ1n) is 5.89. The van der Waals surface area contributed by atoms with Crippen LogP contribution in [0.5, 0.6) is 0 Å². The van der Waals surface area contributed by atoms with Crippen molar-refractivity contribution in [2.24, 2.45) is 0 Å². The summed E-state index contributed by atoms with van der Waals surface area (Å²) < 4.78 is 5.56. The van der Waals surface area contributed by atoms with E-state index in [4.69, 9.17) is 9.84 Å². The Morgan fingerprint density at radius 3 is 2.94 bits per heavy atom. The molecule has 98 valence electrons. The van der Waals surface area contributed by atoms with Gasteiger partial charge in [0.1, 0.15) is 12.1 Å². The molecule has 0 saturated carbocycles. The van der Waals surface area contributed by atoms with Crippen molar-refractivity contribution in [2.75, 3.05) is 6.54 Å². The quantitative estimate of drug-likeness (QED) is 0.717. The minimum absolute atomic E-state index is 0.351. The smallest absolute Gasteiger partial charge is 0.323 e. The molecular weight excluding hydrogens is 234 g/mol. The van der Waals surface area contributed by atoms with Crippen LogP contribution < -0.4 is 5.32 Å². The van der Waals surface area contributed by atoms with Gasteiger partial charge in [-0.1, -0.05) is 29.8 Å². The molecule has 5 nitrogen and oxygen atoms in total. The molecule has 1 aliphatic rings. The van der Waals surface area contributed by atoms with E-state index in [0.29, 0.717) is 13.2 Å². The van der Waals surface area contributed by atoms with E-state index >= 15 is 0 Å². The summed E-state index contributed by atoms with van der Waals surface area (Å²) in [5.74, 6) is -1.05. The maximum atomic E-state index is 10.8. The van der Waals surface area contributed by atoms with Gasteiger partial charge < -0.3 is 14.9 Å². The number of aryl methyl sites for hydroxylation is 1. The third-order valence-corrected chi connectivity index (χ3v) is 3.07. The molecule has 0 aliphatic carbocycles. The Bertz CT molecular complexity index is 435. The third kappa shape index (κ3) is 2.87. The Morgan fingerprint density at radius 1 is 1.56 bits per heavy atom. The zero-order chi connectivity index (χ0) is 13.1. The van der Waals surface area contributed by atoms with Gasteiger partial charge >= 0.3 is 5.97 Å². The molecule has 3 N–H and O–H groups in total. The van der Waals surface area contributed by atoms with Crippen LogP contribution in [0.4, 0.5) is 0 Å². The van der Waals surface area contributed by atoms with Crippen molar-refractivity contribution in [1.82, 2.24) is 5.32 Å². The normalized spacial score (nSPS) is 27.3. The second-order valence-corrected chi connectivity index (χ2v) is 4.55. The second-order valence-electron chi connectivity index (χ2n) is 4.55. The van der Waals surface area contributed by atoms with Crippen LogP contribution in [0.15, 0.2) is 24.3 Å². The van der Waals surface area contributed by atoms with Crippen LogP contribution in [0.25, 0.3) is 0 Å². The average molecular weight is 251 g/mol. The topological polar surface area (TPSA) is 78.8 Å². The lowest BCUT2D eigenvalue weighted by Gasteiger charge is -2.16. The molecule has 0 radical (unpaired) electrons. The number of aliphatic carboxylic acids is 1. The summed E-state index contributed by atoms with van der Waals surface area (Å²) in [7, 11) is 0. The van der Waals surface area contributed by atoms with E-state index in [1.165, 1.54) is 0 Å². The average Bonchev–Trinajstić information content (AvgIpc) is 2.68. The molecular formula is C13H17NO4. The van der Waals surface area contributed by atoms with E-state index < -0.39 is 24.2 Å². The fourth-order valence-corrected chi connectivity index (χ4v) is 2.10. The Morgan fingerprint density at radius 2 is 2.33 bits per heavy atom. The first kappa shape index (κ1) is 13.0. The van der Waals surface area contributed by atoms with Crippen LogP contribution in [-0.2, 0) is 16.1 Å². The van der Waals surface area contributed by atoms with Crippen molar-refractivity contribution in [2.45, 2.75) is 31.8 Å². The summed E-state index contributed by atoms with van der Waals surface area (Å²) >= 11 is 0. The van der Waals surface area contributed by atoms with Gasteiger partial charge in [0, 0.05) is 6.54 Å². The SMILES string of the molecule is Cc1cccc(COC2CN[C@H](C(=O)O)C2O)c1. The maximum Gasteiger partial charge on any atom is 0.323 e. The molecule has 2 rings (SSSR count). The molecule has 1 heterocycles. The van der Waals surface area contributed by atoms with Crippen molar-refractivity contribution >= 4 is 5.97 Å². The third-order valence-electron chi connectivity index (χ3n) is 3.07. The van der Waals surface area contributed by atoms with Gasteiger partial charge in [-0.2, -0.15) is 0 Å². The maximum absolute atomic E-state index is 10.8. The fourth-order valence-electron chi connectivity index (χ4n) is 2.10. The lowest BCUT2D eigenvalue weighted by atomic mass is 10.1. The van der Waals surface area contributed by atoms with Gasteiger partial charge in [-0.3, -0.25) is 10.1 Å². The highest BCUT2D eigenvalue weighted by Crippen LogP contribution is 2.14. The molecule has 5 heteroatoms. The molecule has 18 heavy (non-hydrogen) atoms. The molecule has 0 bridgehead atoms. The first-order valence-corrected chi connectivity index (χ1v) is 5.89. The van der Waals surface area contributed by atoms with Gasteiger partial charge in [-0.05, 0) is 12.5 Å². The van der Waals surface area contributed by atoms with E-state index in [0.717, 1.165) is 11.1 Å². The number of carboxylic acid groups (broad SMARTS) is 1. The molecule has 1 saturated heterocycles. The predicted molar refractivity (Wildman–Crippen MR) is 65.2 cm³/mol. The zero-order valence-corrected chi connectivity index (χ0v) is 10.2. The Labute approximate surface area is 105 Å².